The van der Waals surface area contributed by atoms with E-state index >= 15 is 0 Å². The summed E-state index contributed by atoms with van der Waals surface area (Å²) in [7, 11) is 6.61. The molecule has 0 N–H and O–H groups in total. The Morgan fingerprint density at radius 1 is 1.17 bits per heavy atom. The lowest BCUT2D eigenvalue weighted by atomic mass is 10.2. The summed E-state index contributed by atoms with van der Waals surface area (Å²) in [5.74, 6) is 0. The zero-order valence-corrected chi connectivity index (χ0v) is 9.09. The molecule has 0 atom stereocenters. The summed E-state index contributed by atoms with van der Waals surface area (Å²) < 4.78 is 0. The summed E-state index contributed by atoms with van der Waals surface area (Å²) in [4.78, 5) is 4.82. The lowest BCUT2D eigenvalue weighted by molar-refractivity contribution is 0.166. The van der Waals surface area contributed by atoms with Crippen molar-refractivity contribution in [2.45, 2.75) is 38.3 Å². The molecule has 2 nitrogen and oxygen atoms in total. The zero-order valence-electron chi connectivity index (χ0n) is 9.09. The van der Waals surface area contributed by atoms with E-state index in [0.29, 0.717) is 11.6 Å². The lowest BCUT2D eigenvalue weighted by Crippen LogP contribution is -2.43. The van der Waals surface area contributed by atoms with Crippen molar-refractivity contribution in [1.82, 2.24) is 9.80 Å². The average Bonchev–Trinajstić information content (AvgIpc) is 2.68. The quantitative estimate of drug-likeness (QED) is 0.629. The first kappa shape index (κ1) is 10.0. The van der Waals surface area contributed by atoms with Gasteiger partial charge in [-0.05, 0) is 47.8 Å². The highest BCUT2D eigenvalue weighted by molar-refractivity contribution is 5.03. The van der Waals surface area contributed by atoms with E-state index in [2.05, 4.69) is 44.8 Å². The highest BCUT2D eigenvalue weighted by Gasteiger charge is 2.45. The van der Waals surface area contributed by atoms with Crippen LogP contribution in [0.2, 0.25) is 0 Å². The molecule has 0 unspecified atom stereocenters. The summed E-state index contributed by atoms with van der Waals surface area (Å²) in [6, 6.07) is 0.669. The standard InChI is InChI=1S/C10H22N2/c1-9(2)12(5)8-10(6-7-10)11(3)4/h9H,6-8H2,1-5H3. The van der Waals surface area contributed by atoms with E-state index in [0.717, 1.165) is 0 Å². The van der Waals surface area contributed by atoms with E-state index in [-0.39, 0.29) is 0 Å². The molecule has 12 heavy (non-hydrogen) atoms. The summed E-state index contributed by atoms with van der Waals surface area (Å²) in [6.07, 6.45) is 2.74. The molecule has 0 amide bonds. The van der Waals surface area contributed by atoms with Gasteiger partial charge in [0.05, 0.1) is 0 Å². The summed E-state index contributed by atoms with van der Waals surface area (Å²) >= 11 is 0. The monoisotopic (exact) mass is 170 g/mol. The fourth-order valence-electron chi connectivity index (χ4n) is 1.54. The maximum atomic E-state index is 2.44. The highest BCUT2D eigenvalue weighted by atomic mass is 15.2. The maximum absolute atomic E-state index is 2.44. The normalized spacial score (nSPS) is 21.0. The fraction of sp³-hybridized carbons (Fsp3) is 1.00. The number of hydrogen-bond acceptors (Lipinski definition) is 2. The third kappa shape index (κ3) is 1.99. The molecule has 2 heteroatoms. The van der Waals surface area contributed by atoms with Crippen LogP contribution in [0.4, 0.5) is 0 Å². The smallest absolute Gasteiger partial charge is 0.0331 e. The Labute approximate surface area is 76.5 Å². The molecule has 1 fully saturated rings. The summed E-state index contributed by atoms with van der Waals surface area (Å²) in [5, 5.41) is 0. The van der Waals surface area contributed by atoms with Gasteiger partial charge in [0.25, 0.3) is 0 Å². The van der Waals surface area contributed by atoms with E-state index in [9.17, 15) is 0 Å². The molecule has 0 aromatic heterocycles. The first-order valence-corrected chi connectivity index (χ1v) is 4.86. The lowest BCUT2D eigenvalue weighted by Gasteiger charge is -2.31. The van der Waals surface area contributed by atoms with Crippen LogP contribution in [0.3, 0.4) is 0 Å². The van der Waals surface area contributed by atoms with Gasteiger partial charge in [-0.1, -0.05) is 0 Å². The van der Waals surface area contributed by atoms with Crippen LogP contribution in [0, 0.1) is 0 Å². The van der Waals surface area contributed by atoms with Gasteiger partial charge in [-0.3, -0.25) is 0 Å². The van der Waals surface area contributed by atoms with Crippen LogP contribution < -0.4 is 0 Å². The molecule has 1 saturated carbocycles. The van der Waals surface area contributed by atoms with Crippen molar-refractivity contribution in [3.8, 4) is 0 Å². The van der Waals surface area contributed by atoms with Gasteiger partial charge in [0, 0.05) is 18.1 Å². The van der Waals surface area contributed by atoms with Crippen molar-refractivity contribution in [3.63, 3.8) is 0 Å². The van der Waals surface area contributed by atoms with Crippen LogP contribution >= 0.6 is 0 Å². The first-order valence-electron chi connectivity index (χ1n) is 4.86. The Balaban J connectivity index is 2.40. The predicted octanol–water partition coefficient (Wildman–Crippen LogP) is 1.42. The van der Waals surface area contributed by atoms with Gasteiger partial charge >= 0.3 is 0 Å². The van der Waals surface area contributed by atoms with E-state index in [4.69, 9.17) is 0 Å². The van der Waals surface area contributed by atoms with Gasteiger partial charge in [-0.2, -0.15) is 0 Å². The predicted molar refractivity (Wildman–Crippen MR) is 53.4 cm³/mol. The minimum atomic E-state index is 0.513. The molecule has 1 aliphatic carbocycles. The van der Waals surface area contributed by atoms with Crippen LogP contribution in [0.1, 0.15) is 26.7 Å². The van der Waals surface area contributed by atoms with Crippen molar-refractivity contribution in [1.29, 1.82) is 0 Å². The number of nitrogens with zero attached hydrogens (tertiary/aromatic N) is 2. The van der Waals surface area contributed by atoms with Gasteiger partial charge in [0.1, 0.15) is 0 Å². The third-order valence-corrected chi connectivity index (χ3v) is 3.20. The van der Waals surface area contributed by atoms with Crippen LogP contribution in [0.15, 0.2) is 0 Å². The molecule has 0 bridgehead atoms. The zero-order chi connectivity index (χ0) is 9.35. The van der Waals surface area contributed by atoms with E-state index in [1.807, 2.05) is 0 Å². The minimum Gasteiger partial charge on any atom is -0.302 e. The minimum absolute atomic E-state index is 0.513. The van der Waals surface area contributed by atoms with Crippen molar-refractivity contribution < 1.29 is 0 Å². The molecule has 0 radical (unpaired) electrons. The van der Waals surface area contributed by atoms with Crippen molar-refractivity contribution >= 4 is 0 Å². The van der Waals surface area contributed by atoms with Gasteiger partial charge in [0.15, 0.2) is 0 Å². The molecule has 0 heterocycles. The maximum Gasteiger partial charge on any atom is 0.0331 e. The second-order valence-electron chi connectivity index (χ2n) is 4.63. The molecule has 1 aliphatic rings. The second-order valence-corrected chi connectivity index (χ2v) is 4.63. The van der Waals surface area contributed by atoms with Crippen LogP contribution in [-0.2, 0) is 0 Å². The topological polar surface area (TPSA) is 6.48 Å². The SMILES string of the molecule is CC(C)N(C)CC1(N(C)C)CC1. The summed E-state index contributed by atoms with van der Waals surface area (Å²) in [6.45, 7) is 5.73. The summed E-state index contributed by atoms with van der Waals surface area (Å²) in [5.41, 5.74) is 0.513. The van der Waals surface area contributed by atoms with Crippen LogP contribution in [0.25, 0.3) is 0 Å². The van der Waals surface area contributed by atoms with Gasteiger partial charge in [0.2, 0.25) is 0 Å². The van der Waals surface area contributed by atoms with Gasteiger partial charge in [-0.15, -0.1) is 0 Å². The molecule has 0 aliphatic heterocycles. The van der Waals surface area contributed by atoms with Gasteiger partial charge < -0.3 is 9.80 Å². The molecule has 0 saturated heterocycles. The third-order valence-electron chi connectivity index (χ3n) is 3.20. The Hall–Kier alpha value is -0.0800. The molecule has 0 spiro atoms. The van der Waals surface area contributed by atoms with Crippen molar-refractivity contribution in [3.05, 3.63) is 0 Å². The number of rotatable bonds is 4. The Morgan fingerprint density at radius 3 is 1.92 bits per heavy atom. The largest absolute Gasteiger partial charge is 0.302 e. The molecule has 1 rings (SSSR count). The molecular formula is C10H22N2. The Morgan fingerprint density at radius 2 is 1.67 bits per heavy atom. The van der Waals surface area contributed by atoms with Crippen molar-refractivity contribution in [2.75, 3.05) is 27.7 Å². The molecule has 0 aromatic rings. The highest BCUT2D eigenvalue weighted by Crippen LogP contribution is 2.40. The molecule has 0 aromatic carbocycles. The Bertz CT molecular complexity index is 148. The Kier molecular flexibility index (Phi) is 2.79. The molecular weight excluding hydrogens is 148 g/mol. The molecule has 72 valence electrons. The number of likely N-dealkylation sites (N-methyl/N-ethyl adjacent to an activating group) is 2. The first-order chi connectivity index (χ1) is 5.48. The van der Waals surface area contributed by atoms with Crippen molar-refractivity contribution in [2.24, 2.45) is 0 Å². The van der Waals surface area contributed by atoms with E-state index in [1.54, 1.807) is 0 Å². The van der Waals surface area contributed by atoms with Gasteiger partial charge in [-0.25, -0.2) is 0 Å². The average molecular weight is 170 g/mol. The second kappa shape index (κ2) is 3.35. The van der Waals surface area contributed by atoms with Crippen LogP contribution in [-0.4, -0.2) is 49.1 Å². The van der Waals surface area contributed by atoms with E-state index in [1.165, 1.54) is 19.4 Å². The fourth-order valence-corrected chi connectivity index (χ4v) is 1.54. The number of hydrogen-bond donors (Lipinski definition) is 0. The van der Waals surface area contributed by atoms with Crippen LogP contribution in [0.5, 0.6) is 0 Å². The van der Waals surface area contributed by atoms with E-state index < -0.39 is 0 Å².